The van der Waals surface area contributed by atoms with Gasteiger partial charge < -0.3 is 9.84 Å². The first kappa shape index (κ1) is 12.2. The molecule has 1 heterocycles. The maximum Gasteiger partial charge on any atom is 0.129 e. The molecule has 0 spiro atoms. The van der Waals surface area contributed by atoms with Crippen LogP contribution in [0.3, 0.4) is 0 Å². The fraction of sp³-hybridized carbons (Fsp3) is 0.250. The Kier molecular flexibility index (Phi) is 2.99. The predicted octanol–water partition coefficient (Wildman–Crippen LogP) is 3.15. The van der Waals surface area contributed by atoms with Crippen LogP contribution in [-0.2, 0) is 6.42 Å². The van der Waals surface area contributed by atoms with Crippen LogP contribution in [0.2, 0.25) is 0 Å². The van der Waals surface area contributed by atoms with Crippen molar-refractivity contribution < 1.29 is 14.2 Å². The molecule has 0 aliphatic carbocycles. The van der Waals surface area contributed by atoms with E-state index < -0.39 is 6.10 Å². The third kappa shape index (κ3) is 2.22. The fourth-order valence-electron chi connectivity index (χ4n) is 2.43. The van der Waals surface area contributed by atoms with E-state index in [1.165, 1.54) is 6.07 Å². The van der Waals surface area contributed by atoms with E-state index in [-0.39, 0.29) is 5.82 Å². The van der Waals surface area contributed by atoms with Crippen LogP contribution in [0, 0.1) is 12.7 Å². The summed E-state index contributed by atoms with van der Waals surface area (Å²) >= 11 is 0. The molecule has 1 aliphatic rings. The molecule has 98 valence electrons. The second-order valence-electron chi connectivity index (χ2n) is 4.89. The molecule has 0 aromatic heterocycles. The van der Waals surface area contributed by atoms with Crippen molar-refractivity contribution in [1.29, 1.82) is 0 Å². The number of benzene rings is 2. The zero-order valence-corrected chi connectivity index (χ0v) is 10.7. The Morgan fingerprint density at radius 1 is 1.21 bits per heavy atom. The van der Waals surface area contributed by atoms with Gasteiger partial charge in [0.05, 0.1) is 6.61 Å². The number of fused-ring (bicyclic) bond motifs is 1. The highest BCUT2D eigenvalue weighted by Crippen LogP contribution is 2.31. The molecule has 0 bridgehead atoms. The highest BCUT2D eigenvalue weighted by Gasteiger charge is 2.19. The molecule has 1 unspecified atom stereocenters. The zero-order valence-electron chi connectivity index (χ0n) is 10.7. The third-order valence-corrected chi connectivity index (χ3v) is 3.48. The summed E-state index contributed by atoms with van der Waals surface area (Å²) in [4.78, 5) is 0. The van der Waals surface area contributed by atoms with E-state index in [0.717, 1.165) is 23.3 Å². The van der Waals surface area contributed by atoms with Gasteiger partial charge in [-0.15, -0.1) is 0 Å². The average Bonchev–Trinajstić information content (AvgIpc) is 2.88. The number of hydrogen-bond acceptors (Lipinski definition) is 2. The molecule has 2 nitrogen and oxygen atoms in total. The van der Waals surface area contributed by atoms with Gasteiger partial charge in [0.2, 0.25) is 0 Å². The van der Waals surface area contributed by atoms with Crippen molar-refractivity contribution in [2.24, 2.45) is 0 Å². The van der Waals surface area contributed by atoms with Crippen molar-refractivity contribution in [3.63, 3.8) is 0 Å². The lowest BCUT2D eigenvalue weighted by atomic mass is 9.97. The van der Waals surface area contributed by atoms with Crippen molar-refractivity contribution in [2.45, 2.75) is 19.4 Å². The van der Waals surface area contributed by atoms with Crippen molar-refractivity contribution in [1.82, 2.24) is 0 Å². The molecule has 2 aromatic carbocycles. The van der Waals surface area contributed by atoms with Crippen LogP contribution in [0.4, 0.5) is 4.39 Å². The van der Waals surface area contributed by atoms with E-state index in [1.54, 1.807) is 18.2 Å². The van der Waals surface area contributed by atoms with Gasteiger partial charge in [-0.3, -0.25) is 0 Å². The van der Waals surface area contributed by atoms with Gasteiger partial charge in [0.1, 0.15) is 17.7 Å². The van der Waals surface area contributed by atoms with E-state index in [9.17, 15) is 9.50 Å². The number of aliphatic hydroxyl groups excluding tert-OH is 1. The minimum absolute atomic E-state index is 0.318. The van der Waals surface area contributed by atoms with E-state index in [2.05, 4.69) is 0 Å². The number of hydrogen-bond donors (Lipinski definition) is 1. The average molecular weight is 258 g/mol. The maximum absolute atomic E-state index is 13.8. The van der Waals surface area contributed by atoms with E-state index in [1.807, 2.05) is 19.1 Å². The molecule has 1 N–H and O–H groups in total. The lowest BCUT2D eigenvalue weighted by Gasteiger charge is -2.14. The van der Waals surface area contributed by atoms with Gasteiger partial charge in [0, 0.05) is 12.0 Å². The number of aryl methyl sites for hydroxylation is 1. The van der Waals surface area contributed by atoms with Gasteiger partial charge in [-0.25, -0.2) is 4.39 Å². The molecule has 0 saturated carbocycles. The van der Waals surface area contributed by atoms with Crippen LogP contribution in [0.5, 0.6) is 5.75 Å². The van der Waals surface area contributed by atoms with Gasteiger partial charge in [-0.2, -0.15) is 0 Å². The maximum atomic E-state index is 13.8. The molecule has 0 amide bonds. The van der Waals surface area contributed by atoms with Gasteiger partial charge in [0.25, 0.3) is 0 Å². The molecule has 2 aromatic rings. The van der Waals surface area contributed by atoms with E-state index >= 15 is 0 Å². The Hall–Kier alpha value is -1.87. The number of rotatable bonds is 2. The molecule has 3 heteroatoms. The van der Waals surface area contributed by atoms with Crippen LogP contribution in [0.25, 0.3) is 0 Å². The second-order valence-corrected chi connectivity index (χ2v) is 4.89. The third-order valence-electron chi connectivity index (χ3n) is 3.48. The molecule has 0 saturated heterocycles. The fourth-order valence-corrected chi connectivity index (χ4v) is 2.43. The Balaban J connectivity index is 1.99. The van der Waals surface area contributed by atoms with Crippen LogP contribution >= 0.6 is 0 Å². The smallest absolute Gasteiger partial charge is 0.129 e. The largest absolute Gasteiger partial charge is 0.493 e. The molecule has 1 aliphatic heterocycles. The highest BCUT2D eigenvalue weighted by molar-refractivity contribution is 5.43. The Morgan fingerprint density at radius 3 is 2.89 bits per heavy atom. The summed E-state index contributed by atoms with van der Waals surface area (Å²) in [5, 5.41) is 10.3. The Bertz CT molecular complexity index is 622. The van der Waals surface area contributed by atoms with Crippen molar-refractivity contribution in [3.05, 3.63) is 64.5 Å². The molecule has 3 rings (SSSR count). The zero-order chi connectivity index (χ0) is 13.4. The quantitative estimate of drug-likeness (QED) is 0.896. The van der Waals surface area contributed by atoms with Crippen LogP contribution in [-0.4, -0.2) is 11.7 Å². The van der Waals surface area contributed by atoms with Crippen molar-refractivity contribution >= 4 is 0 Å². The first-order valence-corrected chi connectivity index (χ1v) is 6.35. The molecule has 19 heavy (non-hydrogen) atoms. The van der Waals surface area contributed by atoms with E-state index in [4.69, 9.17) is 4.74 Å². The van der Waals surface area contributed by atoms with Crippen LogP contribution in [0.1, 0.15) is 28.4 Å². The molecular weight excluding hydrogens is 243 g/mol. The minimum atomic E-state index is -0.939. The summed E-state index contributed by atoms with van der Waals surface area (Å²) in [6.45, 7) is 2.56. The normalized spacial score (nSPS) is 14.9. The summed E-state index contributed by atoms with van der Waals surface area (Å²) in [5.74, 6) is 0.482. The first-order chi connectivity index (χ1) is 9.15. The lowest BCUT2D eigenvalue weighted by molar-refractivity contribution is 0.215. The van der Waals surface area contributed by atoms with Crippen LogP contribution < -0.4 is 4.74 Å². The second kappa shape index (κ2) is 4.67. The Morgan fingerprint density at radius 2 is 2.05 bits per heavy atom. The van der Waals surface area contributed by atoms with Gasteiger partial charge >= 0.3 is 0 Å². The Labute approximate surface area is 111 Å². The first-order valence-electron chi connectivity index (χ1n) is 6.35. The van der Waals surface area contributed by atoms with Gasteiger partial charge in [-0.1, -0.05) is 23.8 Å². The van der Waals surface area contributed by atoms with Crippen molar-refractivity contribution in [2.75, 3.05) is 6.61 Å². The summed E-state index contributed by atoms with van der Waals surface area (Å²) in [6, 6.07) is 10.3. The lowest BCUT2D eigenvalue weighted by Crippen LogP contribution is -2.03. The molecule has 1 atom stereocenters. The standard InChI is InChI=1S/C16H15FO2/c1-10-2-4-14(17)13(8-10)16(18)12-3-5-15-11(9-12)6-7-19-15/h2-5,8-9,16,18H,6-7H2,1H3. The van der Waals surface area contributed by atoms with Gasteiger partial charge in [0.15, 0.2) is 0 Å². The molecular formula is C16H15FO2. The number of halogens is 1. The predicted molar refractivity (Wildman–Crippen MR) is 70.8 cm³/mol. The topological polar surface area (TPSA) is 29.5 Å². The van der Waals surface area contributed by atoms with Gasteiger partial charge in [-0.05, 0) is 36.2 Å². The summed E-state index contributed by atoms with van der Waals surface area (Å²) in [7, 11) is 0. The number of aliphatic hydroxyl groups is 1. The van der Waals surface area contributed by atoms with Crippen molar-refractivity contribution in [3.8, 4) is 5.75 Å². The minimum Gasteiger partial charge on any atom is -0.493 e. The SMILES string of the molecule is Cc1ccc(F)c(C(O)c2ccc3c(c2)CCO3)c1. The van der Waals surface area contributed by atoms with Crippen LogP contribution in [0.15, 0.2) is 36.4 Å². The highest BCUT2D eigenvalue weighted by atomic mass is 19.1. The summed E-state index contributed by atoms with van der Waals surface area (Å²) in [5.41, 5.74) is 3.03. The van der Waals surface area contributed by atoms with E-state index in [0.29, 0.717) is 17.7 Å². The number of ether oxygens (including phenoxy) is 1. The summed E-state index contributed by atoms with van der Waals surface area (Å²) in [6.07, 6.45) is -0.0996. The summed E-state index contributed by atoms with van der Waals surface area (Å²) < 4.78 is 19.2. The molecule has 0 fully saturated rings. The molecule has 0 radical (unpaired) electrons. The monoisotopic (exact) mass is 258 g/mol.